The van der Waals surface area contributed by atoms with E-state index in [4.69, 9.17) is 9.47 Å². The first-order valence-corrected chi connectivity index (χ1v) is 17.3. The van der Waals surface area contributed by atoms with Crippen LogP contribution in [0.15, 0.2) is 121 Å². The maximum atomic E-state index is 13.5. The average Bonchev–Trinajstić information content (AvgIpc) is 3.53. The molecule has 9 heteroatoms. The van der Waals surface area contributed by atoms with Crippen LogP contribution in [0, 0.1) is 0 Å². The van der Waals surface area contributed by atoms with Gasteiger partial charge in [-0.25, -0.2) is 9.48 Å². The number of nitrogens with zero attached hydrogens (tertiary/aromatic N) is 4. The molecular weight excluding hydrogens is 633 g/mol. The number of methoxy groups -OCH3 is 1. The second-order valence-corrected chi connectivity index (χ2v) is 13.3. The Labute approximate surface area is 291 Å². The molecule has 1 atom stereocenters. The largest absolute Gasteiger partial charge is 0.497 e. The van der Waals surface area contributed by atoms with Crippen molar-refractivity contribution in [1.29, 1.82) is 0 Å². The maximum absolute atomic E-state index is 13.5. The summed E-state index contributed by atoms with van der Waals surface area (Å²) in [5.74, 6) is 0.246. The number of likely N-dealkylation sites (tertiary alicyclic amines) is 1. The van der Waals surface area contributed by atoms with Gasteiger partial charge in [0.1, 0.15) is 11.4 Å². The molecule has 0 bridgehead atoms. The van der Waals surface area contributed by atoms with Gasteiger partial charge < -0.3 is 9.47 Å². The number of aromatic nitrogens is 3. The molecule has 4 aromatic carbocycles. The Kier molecular flexibility index (Phi) is 10.7. The Morgan fingerprint density at radius 3 is 1.96 bits per heavy atom. The predicted octanol–water partition coefficient (Wildman–Crippen LogP) is 7.24. The van der Waals surface area contributed by atoms with E-state index in [0.29, 0.717) is 18.8 Å². The van der Waals surface area contributed by atoms with Gasteiger partial charge in [0, 0.05) is 25.3 Å². The molecule has 1 saturated heterocycles. The predicted molar refractivity (Wildman–Crippen MR) is 194 cm³/mol. The number of carbonyl (C=O) groups excluding carboxylic acids is 2. The topological polar surface area (TPSA) is 86.5 Å². The Bertz CT molecular complexity index is 1800. The van der Waals surface area contributed by atoms with Crippen molar-refractivity contribution in [3.8, 4) is 5.75 Å². The van der Waals surface area contributed by atoms with Gasteiger partial charge in [-0.05, 0) is 59.4 Å². The molecule has 8 nitrogen and oxygen atoms in total. The molecule has 0 saturated carbocycles. The zero-order valence-electron chi connectivity index (χ0n) is 28.0. The first-order valence-electron chi connectivity index (χ1n) is 16.5. The summed E-state index contributed by atoms with van der Waals surface area (Å²) in [6.07, 6.45) is 2.67. The lowest BCUT2D eigenvalue weighted by Gasteiger charge is -2.49. The molecule has 6 rings (SSSR count). The number of hydrogen-bond acceptors (Lipinski definition) is 8. The van der Waals surface area contributed by atoms with Gasteiger partial charge >= 0.3 is 5.97 Å². The van der Waals surface area contributed by atoms with E-state index >= 15 is 0 Å². The van der Waals surface area contributed by atoms with Gasteiger partial charge in [0.15, 0.2) is 10.8 Å². The molecule has 2 heterocycles. The molecule has 1 aliphatic heterocycles. The fourth-order valence-electron chi connectivity index (χ4n) is 6.73. The van der Waals surface area contributed by atoms with E-state index in [2.05, 4.69) is 88.0 Å². The lowest BCUT2D eigenvalue weighted by atomic mass is 9.74. The first kappa shape index (κ1) is 33.9. The third kappa shape index (κ3) is 7.23. The van der Waals surface area contributed by atoms with Gasteiger partial charge in [0.2, 0.25) is 0 Å². The Hall–Kier alpha value is -4.99. The highest BCUT2D eigenvalue weighted by Gasteiger charge is 2.44. The normalized spacial score (nSPS) is 16.0. The molecule has 1 aliphatic rings. The zero-order chi connectivity index (χ0) is 34.2. The first-order chi connectivity index (χ1) is 23.9. The average molecular weight is 673 g/mol. The van der Waals surface area contributed by atoms with Crippen molar-refractivity contribution in [3.05, 3.63) is 154 Å². The summed E-state index contributed by atoms with van der Waals surface area (Å²) in [6, 6.07) is 39.3. The summed E-state index contributed by atoms with van der Waals surface area (Å²) in [5.41, 5.74) is 5.40. The minimum Gasteiger partial charge on any atom is -0.497 e. The number of piperidine rings is 1. The van der Waals surface area contributed by atoms with E-state index in [0.717, 1.165) is 46.5 Å². The number of ether oxygens (including phenoxy) is 2. The van der Waals surface area contributed by atoms with E-state index < -0.39 is 11.5 Å². The minimum atomic E-state index is -0.634. The summed E-state index contributed by atoms with van der Waals surface area (Å²) < 4.78 is 12.4. The summed E-state index contributed by atoms with van der Waals surface area (Å²) >= 11 is 1.32. The maximum Gasteiger partial charge on any atom is 0.358 e. The molecule has 49 heavy (non-hydrogen) atoms. The van der Waals surface area contributed by atoms with E-state index in [1.165, 1.54) is 11.8 Å². The lowest BCUT2D eigenvalue weighted by Crippen LogP contribution is -2.52. The summed E-state index contributed by atoms with van der Waals surface area (Å²) in [5, 5.41) is 8.88. The molecule has 1 unspecified atom stereocenters. The number of carbonyl (C=O) groups is 2. The molecule has 0 amide bonds. The molecule has 1 aromatic heterocycles. The van der Waals surface area contributed by atoms with Crippen LogP contribution in [-0.4, -0.2) is 63.0 Å². The van der Waals surface area contributed by atoms with Gasteiger partial charge in [-0.3, -0.25) is 9.69 Å². The molecule has 5 aromatic rings. The van der Waals surface area contributed by atoms with E-state index in [-0.39, 0.29) is 22.7 Å². The van der Waals surface area contributed by atoms with Crippen molar-refractivity contribution in [1.82, 2.24) is 19.9 Å². The SMILES string of the molecule is CCOC(=O)c1c(C=C2CN(C(c3ccccc3)(c3ccccc3)c3ccccc3)CCC2SC(C)=O)nnn1Cc1ccc(OC)cc1. The van der Waals surface area contributed by atoms with E-state index in [9.17, 15) is 9.59 Å². The number of esters is 1. The van der Waals surface area contributed by atoms with Gasteiger partial charge in [-0.15, -0.1) is 5.10 Å². The van der Waals surface area contributed by atoms with Crippen LogP contribution >= 0.6 is 11.8 Å². The Morgan fingerprint density at radius 2 is 1.45 bits per heavy atom. The van der Waals surface area contributed by atoms with Crippen LogP contribution in [0.5, 0.6) is 5.75 Å². The van der Waals surface area contributed by atoms with Crippen LogP contribution in [0.3, 0.4) is 0 Å². The van der Waals surface area contributed by atoms with Crippen LogP contribution in [0.25, 0.3) is 6.08 Å². The third-order valence-corrected chi connectivity index (χ3v) is 10.0. The van der Waals surface area contributed by atoms with Crippen LogP contribution in [-0.2, 0) is 21.6 Å². The van der Waals surface area contributed by atoms with Crippen molar-refractivity contribution in [3.63, 3.8) is 0 Å². The van der Waals surface area contributed by atoms with Crippen molar-refractivity contribution in [2.45, 2.75) is 37.6 Å². The highest BCUT2D eigenvalue weighted by molar-refractivity contribution is 8.14. The molecule has 250 valence electrons. The fraction of sp³-hybridized carbons (Fsp3) is 0.250. The number of rotatable bonds is 11. The van der Waals surface area contributed by atoms with Gasteiger partial charge in [-0.1, -0.05) is 120 Å². The van der Waals surface area contributed by atoms with Crippen molar-refractivity contribution >= 4 is 28.9 Å². The minimum absolute atomic E-state index is 0.0403. The van der Waals surface area contributed by atoms with Crippen LogP contribution in [0.4, 0.5) is 0 Å². The molecule has 0 N–H and O–H groups in total. The Balaban J connectivity index is 1.48. The highest BCUT2D eigenvalue weighted by atomic mass is 32.2. The molecule has 0 spiro atoms. The lowest BCUT2D eigenvalue weighted by molar-refractivity contribution is -0.109. The van der Waals surface area contributed by atoms with Crippen molar-refractivity contribution in [2.24, 2.45) is 0 Å². The summed E-state index contributed by atoms with van der Waals surface area (Å²) in [6.45, 7) is 5.18. The molecule has 0 aliphatic carbocycles. The van der Waals surface area contributed by atoms with Crippen LogP contribution < -0.4 is 4.74 Å². The van der Waals surface area contributed by atoms with Crippen molar-refractivity contribution in [2.75, 3.05) is 26.8 Å². The standard InChI is InChI=1S/C40H40N4O4S/c1-4-48-39(46)38-36(41-42-44(38)27-30-20-22-35(47-3)23-21-30)26-31-28-43(25-24-37(31)49-29(2)45)40(32-14-8-5-9-15-32,33-16-10-6-11-17-33)34-18-12-7-13-19-34/h5-23,26,37H,4,24-25,27-28H2,1-3H3. The molecule has 0 radical (unpaired) electrons. The zero-order valence-corrected chi connectivity index (χ0v) is 28.8. The number of thioether (sulfide) groups is 1. The second kappa shape index (κ2) is 15.5. The van der Waals surface area contributed by atoms with E-state index in [1.807, 2.05) is 48.5 Å². The van der Waals surface area contributed by atoms with E-state index in [1.54, 1.807) is 25.6 Å². The quantitative estimate of drug-likeness (QED) is 0.107. The van der Waals surface area contributed by atoms with Crippen LogP contribution in [0.1, 0.15) is 58.7 Å². The smallest absolute Gasteiger partial charge is 0.358 e. The summed E-state index contributed by atoms with van der Waals surface area (Å²) in [7, 11) is 1.62. The monoisotopic (exact) mass is 672 g/mol. The Morgan fingerprint density at radius 1 is 0.878 bits per heavy atom. The third-order valence-electron chi connectivity index (χ3n) is 8.85. The fourth-order valence-corrected chi connectivity index (χ4v) is 7.65. The van der Waals surface area contributed by atoms with Crippen LogP contribution in [0.2, 0.25) is 0 Å². The summed E-state index contributed by atoms with van der Waals surface area (Å²) in [4.78, 5) is 28.5. The molecular formula is C40H40N4O4S. The molecule has 1 fully saturated rings. The highest BCUT2D eigenvalue weighted by Crippen LogP contribution is 2.45. The van der Waals surface area contributed by atoms with Crippen molar-refractivity contribution < 1.29 is 19.1 Å². The second-order valence-electron chi connectivity index (χ2n) is 11.9. The van der Waals surface area contributed by atoms with Gasteiger partial charge in [0.25, 0.3) is 0 Å². The number of benzene rings is 4. The number of hydrogen-bond donors (Lipinski definition) is 0. The van der Waals surface area contributed by atoms with Gasteiger partial charge in [0.05, 0.1) is 25.8 Å². The van der Waals surface area contributed by atoms with Gasteiger partial charge in [-0.2, -0.15) is 0 Å².